The number of nitrogens with one attached hydrogen (secondary N) is 2. The van der Waals surface area contributed by atoms with Gasteiger partial charge in [0.25, 0.3) is 0 Å². The Kier molecular flexibility index (Phi) is 6.97. The lowest BCUT2D eigenvalue weighted by Gasteiger charge is -2.15. The largest absolute Gasteiger partial charge is 0.422 e. The molecule has 1 aromatic carbocycles. The van der Waals surface area contributed by atoms with E-state index in [9.17, 15) is 18.8 Å². The first kappa shape index (κ1) is 23.5. The molecule has 3 aromatic rings. The first-order chi connectivity index (χ1) is 16.4. The van der Waals surface area contributed by atoms with Crippen molar-refractivity contribution in [1.82, 2.24) is 15.3 Å². The lowest BCUT2D eigenvalue weighted by atomic mass is 10.00. The van der Waals surface area contributed by atoms with Crippen molar-refractivity contribution < 1.29 is 23.5 Å². The molecule has 0 unspecified atom stereocenters. The van der Waals surface area contributed by atoms with Crippen LogP contribution < -0.4 is 15.4 Å². The molecule has 174 valence electrons. The molecule has 1 saturated carbocycles. The van der Waals surface area contributed by atoms with Gasteiger partial charge in [-0.2, -0.15) is 0 Å². The highest BCUT2D eigenvalue weighted by atomic mass is 79.9. The molecule has 2 aromatic heterocycles. The minimum Gasteiger partial charge on any atom is -0.422 e. The highest BCUT2D eigenvalue weighted by Gasteiger charge is 2.44. The van der Waals surface area contributed by atoms with Gasteiger partial charge in [0.1, 0.15) is 17.4 Å². The van der Waals surface area contributed by atoms with E-state index >= 15 is 0 Å². The number of aromatic nitrogens is 2. The topological polar surface area (TPSA) is 110 Å². The van der Waals surface area contributed by atoms with Crippen LogP contribution >= 0.6 is 15.9 Å². The van der Waals surface area contributed by atoms with Crippen LogP contribution in [0.15, 0.2) is 59.5 Å². The summed E-state index contributed by atoms with van der Waals surface area (Å²) in [4.78, 5) is 45.5. The molecule has 0 radical (unpaired) electrons. The quantitative estimate of drug-likeness (QED) is 0.258. The van der Waals surface area contributed by atoms with Gasteiger partial charge in [0.05, 0.1) is 11.1 Å². The van der Waals surface area contributed by atoms with Gasteiger partial charge in [-0.3, -0.25) is 15.1 Å². The van der Waals surface area contributed by atoms with Crippen molar-refractivity contribution >= 4 is 39.5 Å². The van der Waals surface area contributed by atoms with Crippen LogP contribution in [0.5, 0.6) is 5.75 Å². The van der Waals surface area contributed by atoms with E-state index in [2.05, 4.69) is 36.5 Å². The number of carbonyl (C=O) groups excluding carboxylic acids is 3. The average molecular weight is 527 g/mol. The third-order valence-corrected chi connectivity index (χ3v) is 5.79. The van der Waals surface area contributed by atoms with Crippen LogP contribution in [0, 0.1) is 5.82 Å². The minimum atomic E-state index is -0.733. The first-order valence-electron chi connectivity index (χ1n) is 10.5. The Morgan fingerprint density at radius 3 is 2.59 bits per heavy atom. The number of esters is 1. The summed E-state index contributed by atoms with van der Waals surface area (Å²) in [6, 6.07) is 7.88. The van der Waals surface area contributed by atoms with Crippen LogP contribution in [-0.4, -0.2) is 33.8 Å². The van der Waals surface area contributed by atoms with Crippen molar-refractivity contribution in [2.45, 2.75) is 31.7 Å². The Hall–Kier alpha value is -3.66. The zero-order chi connectivity index (χ0) is 24.2. The summed E-state index contributed by atoms with van der Waals surface area (Å²) in [5.41, 5.74) is 0.427. The van der Waals surface area contributed by atoms with E-state index in [-0.39, 0.29) is 34.6 Å². The van der Waals surface area contributed by atoms with Gasteiger partial charge in [-0.05, 0) is 58.7 Å². The van der Waals surface area contributed by atoms with Crippen molar-refractivity contribution in [3.8, 4) is 5.75 Å². The predicted octanol–water partition coefficient (Wildman–Crippen LogP) is 4.87. The molecule has 34 heavy (non-hydrogen) atoms. The number of benzene rings is 1. The Bertz CT molecular complexity index is 1240. The second kappa shape index (κ2) is 10.1. The van der Waals surface area contributed by atoms with Crippen molar-refractivity contribution in [3.63, 3.8) is 0 Å². The highest BCUT2D eigenvalue weighted by molar-refractivity contribution is 9.10. The van der Waals surface area contributed by atoms with Crippen molar-refractivity contribution in [2.75, 3.05) is 5.32 Å². The fraction of sp³-hybridized carbons (Fsp3) is 0.208. The molecule has 0 saturated heterocycles. The number of ether oxygens (including phenoxy) is 1. The van der Waals surface area contributed by atoms with Crippen LogP contribution in [0.2, 0.25) is 0 Å². The van der Waals surface area contributed by atoms with Gasteiger partial charge in [0.2, 0.25) is 0 Å². The Morgan fingerprint density at radius 1 is 1.15 bits per heavy atom. The third kappa shape index (κ3) is 5.28. The number of carbonyl (C=O) groups is 3. The van der Waals surface area contributed by atoms with Crippen molar-refractivity contribution in [3.05, 3.63) is 82.0 Å². The summed E-state index contributed by atoms with van der Waals surface area (Å²) >= 11 is 3.27. The first-order valence-corrected chi connectivity index (χ1v) is 11.3. The number of urea groups is 1. The number of nitrogens with zero attached hydrogens (tertiary/aromatic N) is 2. The van der Waals surface area contributed by atoms with Gasteiger partial charge in [-0.1, -0.05) is 6.92 Å². The predicted molar refractivity (Wildman–Crippen MR) is 125 cm³/mol. The fourth-order valence-electron chi connectivity index (χ4n) is 3.52. The molecule has 0 spiro atoms. The minimum absolute atomic E-state index is 0.0915. The van der Waals surface area contributed by atoms with Crippen LogP contribution in [0.3, 0.4) is 0 Å². The van der Waals surface area contributed by atoms with Crippen LogP contribution in [0.1, 0.15) is 52.0 Å². The van der Waals surface area contributed by atoms with E-state index in [4.69, 9.17) is 4.74 Å². The molecule has 2 amide bonds. The lowest BCUT2D eigenvalue weighted by molar-refractivity contribution is 0.0730. The van der Waals surface area contributed by atoms with E-state index in [1.807, 2.05) is 0 Å². The van der Waals surface area contributed by atoms with Gasteiger partial charge in [0, 0.05) is 47.0 Å². The second-order valence-corrected chi connectivity index (χ2v) is 8.56. The van der Waals surface area contributed by atoms with E-state index in [1.165, 1.54) is 36.7 Å². The van der Waals surface area contributed by atoms with Gasteiger partial charge in [-0.15, -0.1) is 0 Å². The number of pyridine rings is 2. The van der Waals surface area contributed by atoms with Crippen molar-refractivity contribution in [2.24, 2.45) is 0 Å². The summed E-state index contributed by atoms with van der Waals surface area (Å²) in [5, 5.41) is 5.38. The molecule has 0 bridgehead atoms. The smallest absolute Gasteiger partial charge is 0.343 e. The second-order valence-electron chi connectivity index (χ2n) is 7.65. The SMILES string of the molecule is CCC(=O)c1ccc(F)c([C@@H]2C[C@@H]2NC(=O)Nc2ccc(Br)cn2)c1OC(=O)c1ccncc1. The molecule has 2 atom stereocenters. The maximum Gasteiger partial charge on any atom is 0.343 e. The molecule has 1 aliphatic rings. The summed E-state index contributed by atoms with van der Waals surface area (Å²) in [7, 11) is 0. The number of ketones is 1. The van der Waals surface area contributed by atoms with Crippen LogP contribution in [-0.2, 0) is 0 Å². The molecule has 2 N–H and O–H groups in total. The number of Topliss-reactive ketones (excluding diaryl/α,β-unsaturated/α-hetero) is 1. The maximum absolute atomic E-state index is 15.0. The van der Waals surface area contributed by atoms with E-state index in [1.54, 1.807) is 25.3 Å². The number of hydrogen-bond acceptors (Lipinski definition) is 6. The third-order valence-electron chi connectivity index (χ3n) is 5.32. The van der Waals surface area contributed by atoms with Gasteiger partial charge >= 0.3 is 12.0 Å². The van der Waals surface area contributed by atoms with Gasteiger partial charge < -0.3 is 10.1 Å². The van der Waals surface area contributed by atoms with Crippen molar-refractivity contribution in [1.29, 1.82) is 0 Å². The van der Waals surface area contributed by atoms with E-state index in [0.29, 0.717) is 12.2 Å². The Balaban J connectivity index is 1.56. The standard InChI is InChI=1S/C24H20BrFN4O4/c1-2-19(31)15-4-5-17(26)21(22(15)34-23(32)13-7-9-27-10-8-13)16-11-18(16)29-24(33)30-20-6-3-14(25)12-28-20/h3-10,12,16,18H,2,11H2,1H3,(H2,28,29,30,33)/t16-,18+/m1/s1. The van der Waals surface area contributed by atoms with E-state index < -0.39 is 29.8 Å². The lowest BCUT2D eigenvalue weighted by Crippen LogP contribution is -2.31. The summed E-state index contributed by atoms with van der Waals surface area (Å²) in [6.45, 7) is 1.67. The number of anilines is 1. The zero-order valence-corrected chi connectivity index (χ0v) is 19.6. The molecular formula is C24H20BrFN4O4. The summed E-state index contributed by atoms with van der Waals surface area (Å²) < 4.78 is 21.3. The Morgan fingerprint density at radius 2 is 1.91 bits per heavy atom. The molecule has 10 heteroatoms. The molecule has 1 aliphatic carbocycles. The van der Waals surface area contributed by atoms with Gasteiger partial charge in [-0.25, -0.2) is 19.0 Å². The average Bonchev–Trinajstić information content (AvgIpc) is 3.58. The molecule has 8 nitrogen and oxygen atoms in total. The monoisotopic (exact) mass is 526 g/mol. The molecular weight excluding hydrogens is 507 g/mol. The number of hydrogen-bond donors (Lipinski definition) is 2. The number of rotatable bonds is 7. The maximum atomic E-state index is 15.0. The molecule has 0 aliphatic heterocycles. The fourth-order valence-corrected chi connectivity index (χ4v) is 3.76. The summed E-state index contributed by atoms with van der Waals surface area (Å²) in [5.74, 6) is -1.86. The Labute approximate surface area is 203 Å². The molecule has 2 heterocycles. The molecule has 4 rings (SSSR count). The number of amides is 2. The summed E-state index contributed by atoms with van der Waals surface area (Å²) in [6.07, 6.45) is 4.98. The zero-order valence-electron chi connectivity index (χ0n) is 18.0. The van der Waals surface area contributed by atoms with E-state index in [0.717, 1.165) is 4.47 Å². The van der Waals surface area contributed by atoms with Gasteiger partial charge in [0.15, 0.2) is 5.78 Å². The van der Waals surface area contributed by atoms with Crippen LogP contribution in [0.4, 0.5) is 15.0 Å². The molecule has 1 fully saturated rings. The number of halogens is 2. The highest BCUT2D eigenvalue weighted by Crippen LogP contribution is 2.47. The van der Waals surface area contributed by atoms with Crippen LogP contribution in [0.25, 0.3) is 0 Å². The normalized spacial score (nSPS) is 16.4.